The van der Waals surface area contributed by atoms with Gasteiger partial charge < -0.3 is 10.5 Å². The van der Waals surface area contributed by atoms with E-state index in [1.807, 2.05) is 6.92 Å². The molecule has 2 rings (SSSR count). The topological polar surface area (TPSA) is 53.1 Å². The van der Waals surface area contributed by atoms with Crippen LogP contribution in [0.25, 0.3) is 0 Å². The Labute approximate surface area is 114 Å². The number of hydrogen-bond donors (Lipinski definition) is 1. The first-order valence-corrected chi connectivity index (χ1v) is 6.01. The van der Waals surface area contributed by atoms with Crippen molar-refractivity contribution in [3.8, 4) is 5.75 Å². The van der Waals surface area contributed by atoms with Crippen LogP contribution in [0.3, 0.4) is 0 Å². The minimum Gasteiger partial charge on any atom is -0.487 e. The minimum atomic E-state index is -4.41. The van der Waals surface area contributed by atoms with E-state index in [2.05, 4.69) is 5.10 Å². The third-order valence-electron chi connectivity index (χ3n) is 2.74. The fourth-order valence-corrected chi connectivity index (χ4v) is 1.67. The van der Waals surface area contributed by atoms with E-state index < -0.39 is 11.7 Å². The summed E-state index contributed by atoms with van der Waals surface area (Å²) in [5.74, 6) is 0.224. The molecule has 0 bridgehead atoms. The van der Waals surface area contributed by atoms with Gasteiger partial charge in [-0.3, -0.25) is 4.68 Å². The van der Waals surface area contributed by atoms with Crippen molar-refractivity contribution < 1.29 is 17.9 Å². The Morgan fingerprint density at radius 3 is 2.65 bits per heavy atom. The molecule has 0 fully saturated rings. The molecular weight excluding hydrogens is 271 g/mol. The number of nitrogens with zero attached hydrogens (tertiary/aromatic N) is 2. The number of anilines is 1. The molecule has 0 unspecified atom stereocenters. The average molecular weight is 285 g/mol. The Balaban J connectivity index is 2.06. The summed E-state index contributed by atoms with van der Waals surface area (Å²) in [4.78, 5) is 0. The van der Waals surface area contributed by atoms with Crippen molar-refractivity contribution in [2.24, 2.45) is 0 Å². The van der Waals surface area contributed by atoms with Gasteiger partial charge in [0, 0.05) is 18.3 Å². The highest BCUT2D eigenvalue weighted by Gasteiger charge is 2.30. The number of nitrogen functional groups attached to an aromatic ring is 1. The molecule has 0 radical (unpaired) electrons. The molecule has 108 valence electrons. The molecule has 4 nitrogen and oxygen atoms in total. The molecule has 0 aliphatic rings. The highest BCUT2D eigenvalue weighted by molar-refractivity contribution is 5.54. The van der Waals surface area contributed by atoms with Crippen molar-refractivity contribution >= 4 is 5.69 Å². The van der Waals surface area contributed by atoms with Gasteiger partial charge in [-0.1, -0.05) is 0 Å². The first-order valence-electron chi connectivity index (χ1n) is 6.01. The molecule has 1 aromatic carbocycles. The zero-order valence-electron chi connectivity index (χ0n) is 10.8. The van der Waals surface area contributed by atoms with Crippen molar-refractivity contribution in [3.63, 3.8) is 0 Å². The molecule has 0 spiro atoms. The molecule has 1 heterocycles. The van der Waals surface area contributed by atoms with Crippen LogP contribution in [-0.4, -0.2) is 9.78 Å². The van der Waals surface area contributed by atoms with Crippen molar-refractivity contribution in [2.45, 2.75) is 26.3 Å². The molecule has 2 aromatic rings. The highest BCUT2D eigenvalue weighted by atomic mass is 19.4. The van der Waals surface area contributed by atoms with Crippen molar-refractivity contribution in [2.75, 3.05) is 5.73 Å². The number of ether oxygens (including phenoxy) is 1. The Kier molecular flexibility index (Phi) is 3.87. The largest absolute Gasteiger partial charge is 0.487 e. The minimum absolute atomic E-state index is 0.0392. The Morgan fingerprint density at radius 2 is 2.10 bits per heavy atom. The van der Waals surface area contributed by atoms with Crippen molar-refractivity contribution in [1.29, 1.82) is 0 Å². The van der Waals surface area contributed by atoms with Crippen LogP contribution in [0.2, 0.25) is 0 Å². The predicted molar refractivity (Wildman–Crippen MR) is 68.1 cm³/mol. The summed E-state index contributed by atoms with van der Waals surface area (Å²) in [5, 5.41) is 4.07. The van der Waals surface area contributed by atoms with Gasteiger partial charge in [-0.25, -0.2) is 0 Å². The first-order chi connectivity index (χ1) is 9.40. The fraction of sp³-hybridized carbons (Fsp3) is 0.308. The molecule has 0 saturated heterocycles. The van der Waals surface area contributed by atoms with E-state index in [9.17, 15) is 13.2 Å². The van der Waals surface area contributed by atoms with Crippen LogP contribution >= 0.6 is 0 Å². The number of halogens is 3. The Hall–Kier alpha value is -2.18. The predicted octanol–water partition coefficient (Wildman–Crippen LogP) is 3.08. The fourth-order valence-electron chi connectivity index (χ4n) is 1.67. The van der Waals surface area contributed by atoms with E-state index in [1.54, 1.807) is 17.1 Å². The van der Waals surface area contributed by atoms with Crippen LogP contribution < -0.4 is 10.5 Å². The van der Waals surface area contributed by atoms with Gasteiger partial charge in [-0.15, -0.1) is 0 Å². The Morgan fingerprint density at radius 1 is 1.35 bits per heavy atom. The summed E-state index contributed by atoms with van der Waals surface area (Å²) in [6, 6.07) is 3.04. The van der Waals surface area contributed by atoms with Crippen molar-refractivity contribution in [3.05, 3.63) is 41.7 Å². The van der Waals surface area contributed by atoms with E-state index in [0.717, 1.165) is 24.2 Å². The van der Waals surface area contributed by atoms with Gasteiger partial charge in [0.15, 0.2) is 0 Å². The molecule has 0 amide bonds. The van der Waals surface area contributed by atoms with Crippen LogP contribution in [0.1, 0.15) is 18.1 Å². The number of benzene rings is 1. The van der Waals surface area contributed by atoms with E-state index in [0.29, 0.717) is 0 Å². The van der Waals surface area contributed by atoms with Gasteiger partial charge >= 0.3 is 6.18 Å². The summed E-state index contributed by atoms with van der Waals surface area (Å²) >= 11 is 0. The maximum absolute atomic E-state index is 12.5. The van der Waals surface area contributed by atoms with E-state index in [1.165, 1.54) is 6.07 Å². The SMILES string of the molecule is CCn1cc(COc2ccc(C(F)(F)F)cc2N)cn1. The molecule has 20 heavy (non-hydrogen) atoms. The van der Waals surface area contributed by atoms with E-state index >= 15 is 0 Å². The second kappa shape index (κ2) is 5.44. The van der Waals surface area contributed by atoms with Crippen LogP contribution in [0.4, 0.5) is 18.9 Å². The van der Waals surface area contributed by atoms with Crippen LogP contribution in [0, 0.1) is 0 Å². The highest BCUT2D eigenvalue weighted by Crippen LogP contribution is 2.33. The standard InChI is InChI=1S/C13H14F3N3O/c1-2-19-7-9(6-18-19)8-20-12-4-3-10(5-11(12)17)13(14,15)16/h3-7H,2,8,17H2,1H3. The molecule has 7 heteroatoms. The lowest BCUT2D eigenvalue weighted by Crippen LogP contribution is -2.06. The normalized spacial score (nSPS) is 11.6. The number of rotatable bonds is 4. The van der Waals surface area contributed by atoms with Crippen LogP contribution in [0.15, 0.2) is 30.6 Å². The van der Waals surface area contributed by atoms with Gasteiger partial charge in [-0.2, -0.15) is 18.3 Å². The maximum Gasteiger partial charge on any atom is 0.416 e. The van der Waals surface area contributed by atoms with Gasteiger partial charge in [0.2, 0.25) is 0 Å². The molecule has 0 aliphatic heterocycles. The van der Waals surface area contributed by atoms with E-state index in [4.69, 9.17) is 10.5 Å². The lowest BCUT2D eigenvalue weighted by atomic mass is 10.2. The van der Waals surface area contributed by atoms with Gasteiger partial charge in [0.25, 0.3) is 0 Å². The van der Waals surface area contributed by atoms with Crippen LogP contribution in [0.5, 0.6) is 5.75 Å². The Bertz CT molecular complexity index is 593. The summed E-state index contributed by atoms with van der Waals surface area (Å²) in [6.45, 7) is 2.89. The zero-order valence-corrected chi connectivity index (χ0v) is 10.8. The van der Waals surface area contributed by atoms with Gasteiger partial charge in [0.05, 0.1) is 17.4 Å². The monoisotopic (exact) mass is 285 g/mol. The molecule has 0 atom stereocenters. The lowest BCUT2D eigenvalue weighted by molar-refractivity contribution is -0.137. The van der Waals surface area contributed by atoms with E-state index in [-0.39, 0.29) is 18.0 Å². The summed E-state index contributed by atoms with van der Waals surface area (Å²) < 4.78 is 44.6. The number of hydrogen-bond acceptors (Lipinski definition) is 3. The second-order valence-electron chi connectivity index (χ2n) is 4.24. The first kappa shape index (κ1) is 14.2. The third kappa shape index (κ3) is 3.23. The molecule has 0 aliphatic carbocycles. The lowest BCUT2D eigenvalue weighted by Gasteiger charge is -2.11. The number of aromatic nitrogens is 2. The quantitative estimate of drug-likeness (QED) is 0.878. The van der Waals surface area contributed by atoms with Crippen molar-refractivity contribution in [1.82, 2.24) is 9.78 Å². The molecule has 2 N–H and O–H groups in total. The summed E-state index contributed by atoms with van der Waals surface area (Å²) in [5.41, 5.74) is 5.56. The second-order valence-corrected chi connectivity index (χ2v) is 4.24. The number of nitrogens with two attached hydrogens (primary N) is 1. The summed E-state index contributed by atoms with van der Waals surface area (Å²) in [6.07, 6.45) is -0.959. The number of alkyl halides is 3. The maximum atomic E-state index is 12.5. The zero-order chi connectivity index (χ0) is 14.8. The molecule has 1 aromatic heterocycles. The van der Waals surface area contributed by atoms with Gasteiger partial charge in [0.1, 0.15) is 12.4 Å². The summed E-state index contributed by atoms with van der Waals surface area (Å²) in [7, 11) is 0. The molecule has 0 saturated carbocycles. The van der Waals surface area contributed by atoms with Gasteiger partial charge in [-0.05, 0) is 25.1 Å². The number of aryl methyl sites for hydroxylation is 1. The smallest absolute Gasteiger partial charge is 0.416 e. The van der Waals surface area contributed by atoms with Crippen LogP contribution in [-0.2, 0) is 19.3 Å². The molecular formula is C13H14F3N3O. The average Bonchev–Trinajstić information content (AvgIpc) is 2.84. The third-order valence-corrected chi connectivity index (χ3v) is 2.74.